The minimum atomic E-state index is -0.423. The Hall–Kier alpha value is -2.23. The summed E-state index contributed by atoms with van der Waals surface area (Å²) < 4.78 is 9.89. The fourth-order valence-corrected chi connectivity index (χ4v) is 1.31. The topological polar surface area (TPSA) is 55.8 Å². The molecule has 0 saturated heterocycles. The molecule has 0 heterocycles. The quantitative estimate of drug-likeness (QED) is 0.503. The second kappa shape index (κ2) is 7.26. The zero-order valence-corrected chi connectivity index (χ0v) is 11.3. The number of hydrogen-bond donors (Lipinski definition) is 1. The van der Waals surface area contributed by atoms with Crippen molar-refractivity contribution < 1.29 is 19.4 Å². The highest BCUT2D eigenvalue weighted by molar-refractivity contribution is 5.87. The van der Waals surface area contributed by atoms with Crippen LogP contribution in [0.5, 0.6) is 11.5 Å². The second-order valence-corrected chi connectivity index (χ2v) is 4.18. The molecule has 0 atom stereocenters. The predicted octanol–water partition coefficient (Wildman–Crippen LogP) is 2.92. The molecule has 1 N–H and O–H groups in total. The van der Waals surface area contributed by atoms with Crippen molar-refractivity contribution in [2.75, 3.05) is 13.7 Å². The number of hydrogen-bond acceptors (Lipinski definition) is 4. The Morgan fingerprint density at radius 3 is 2.68 bits per heavy atom. The highest BCUT2D eigenvalue weighted by atomic mass is 16.5. The minimum absolute atomic E-state index is 0.0301. The highest BCUT2D eigenvalue weighted by Crippen LogP contribution is 2.26. The van der Waals surface area contributed by atoms with Gasteiger partial charge in [-0.15, -0.1) is 0 Å². The monoisotopic (exact) mass is 262 g/mol. The Balaban J connectivity index is 2.59. The zero-order chi connectivity index (χ0) is 14.3. The van der Waals surface area contributed by atoms with E-state index in [9.17, 15) is 9.90 Å². The molecule has 4 heteroatoms. The molecule has 0 aromatic heterocycles. The van der Waals surface area contributed by atoms with E-state index >= 15 is 0 Å². The van der Waals surface area contributed by atoms with E-state index in [2.05, 4.69) is 0 Å². The lowest BCUT2D eigenvalue weighted by Gasteiger charge is -2.03. The van der Waals surface area contributed by atoms with E-state index in [1.54, 1.807) is 18.2 Å². The van der Waals surface area contributed by atoms with Crippen LogP contribution in [0.4, 0.5) is 0 Å². The van der Waals surface area contributed by atoms with Crippen molar-refractivity contribution in [2.45, 2.75) is 13.8 Å². The van der Waals surface area contributed by atoms with Gasteiger partial charge in [-0.3, -0.25) is 0 Å². The summed E-state index contributed by atoms with van der Waals surface area (Å²) >= 11 is 0. The van der Waals surface area contributed by atoms with Gasteiger partial charge in [0.15, 0.2) is 11.5 Å². The molecule has 1 aromatic carbocycles. The van der Waals surface area contributed by atoms with Crippen molar-refractivity contribution in [3.05, 3.63) is 41.5 Å². The lowest BCUT2D eigenvalue weighted by Crippen LogP contribution is -2.00. The van der Waals surface area contributed by atoms with Gasteiger partial charge in [0.05, 0.1) is 7.11 Å². The van der Waals surface area contributed by atoms with E-state index in [1.165, 1.54) is 19.3 Å². The molecule has 4 nitrogen and oxygen atoms in total. The van der Waals surface area contributed by atoms with Gasteiger partial charge in [-0.2, -0.15) is 0 Å². The van der Waals surface area contributed by atoms with E-state index in [0.29, 0.717) is 11.3 Å². The first-order chi connectivity index (χ1) is 9.02. The van der Waals surface area contributed by atoms with Crippen LogP contribution in [-0.2, 0) is 9.53 Å². The van der Waals surface area contributed by atoms with E-state index < -0.39 is 5.97 Å². The lowest BCUT2D eigenvalue weighted by atomic mass is 10.2. The van der Waals surface area contributed by atoms with Crippen molar-refractivity contribution in [1.29, 1.82) is 0 Å². The maximum atomic E-state index is 11.4. The summed E-state index contributed by atoms with van der Waals surface area (Å²) in [6, 6.07) is 4.88. The molecule has 1 rings (SSSR count). The van der Waals surface area contributed by atoms with Crippen LogP contribution in [0.15, 0.2) is 35.9 Å². The molecule has 0 amide bonds. The third-order valence-electron chi connectivity index (χ3n) is 2.33. The average Bonchev–Trinajstić information content (AvgIpc) is 2.36. The Bertz CT molecular complexity index is 497. The van der Waals surface area contributed by atoms with Gasteiger partial charge in [0, 0.05) is 6.08 Å². The SMILES string of the molecule is COc1ccc(C=CC(=O)OCC=C(C)C)cc1O. The molecule has 0 saturated carbocycles. The third kappa shape index (κ3) is 5.29. The van der Waals surface area contributed by atoms with Gasteiger partial charge in [0.2, 0.25) is 0 Å². The molecule has 19 heavy (non-hydrogen) atoms. The number of phenolic OH excluding ortho intramolecular Hbond substituents is 1. The fourth-order valence-electron chi connectivity index (χ4n) is 1.31. The molecule has 0 spiro atoms. The summed E-state index contributed by atoms with van der Waals surface area (Å²) in [5, 5.41) is 9.58. The molecular formula is C15H18O4. The first kappa shape index (κ1) is 14.8. The number of methoxy groups -OCH3 is 1. The molecule has 0 aliphatic carbocycles. The van der Waals surface area contributed by atoms with Crippen molar-refractivity contribution in [3.63, 3.8) is 0 Å². The standard InChI is InChI=1S/C15H18O4/c1-11(2)8-9-19-15(17)7-5-12-4-6-14(18-3)13(16)10-12/h4-8,10,16H,9H2,1-3H3. The van der Waals surface area contributed by atoms with Crippen LogP contribution in [0, 0.1) is 0 Å². The van der Waals surface area contributed by atoms with Crippen LogP contribution in [-0.4, -0.2) is 24.8 Å². The van der Waals surface area contributed by atoms with Crippen LogP contribution in [0.3, 0.4) is 0 Å². The number of ether oxygens (including phenoxy) is 2. The third-order valence-corrected chi connectivity index (χ3v) is 2.33. The maximum absolute atomic E-state index is 11.4. The Morgan fingerprint density at radius 1 is 1.37 bits per heavy atom. The number of aromatic hydroxyl groups is 1. The van der Waals surface area contributed by atoms with Crippen LogP contribution < -0.4 is 4.74 Å². The van der Waals surface area contributed by atoms with Gasteiger partial charge < -0.3 is 14.6 Å². The molecule has 0 aliphatic rings. The van der Waals surface area contributed by atoms with E-state index in [0.717, 1.165) is 5.57 Å². The number of benzene rings is 1. The molecule has 0 unspecified atom stereocenters. The first-order valence-corrected chi connectivity index (χ1v) is 5.88. The fraction of sp³-hybridized carbons (Fsp3) is 0.267. The number of rotatable bonds is 5. The number of esters is 1. The summed E-state index contributed by atoms with van der Waals surface area (Å²) in [4.78, 5) is 11.4. The van der Waals surface area contributed by atoms with E-state index in [-0.39, 0.29) is 12.4 Å². The molecule has 1 aromatic rings. The van der Waals surface area contributed by atoms with Crippen molar-refractivity contribution in [1.82, 2.24) is 0 Å². The summed E-state index contributed by atoms with van der Waals surface area (Å²) in [6.45, 7) is 4.13. The summed E-state index contributed by atoms with van der Waals surface area (Å²) in [5.74, 6) is -0.00125. The largest absolute Gasteiger partial charge is 0.504 e. The van der Waals surface area contributed by atoms with E-state index in [1.807, 2.05) is 19.9 Å². The number of phenols is 1. The Kier molecular flexibility index (Phi) is 5.67. The van der Waals surface area contributed by atoms with Gasteiger partial charge >= 0.3 is 5.97 Å². The molecule has 0 aliphatic heterocycles. The van der Waals surface area contributed by atoms with Gasteiger partial charge in [-0.05, 0) is 43.7 Å². The number of allylic oxidation sites excluding steroid dienone is 1. The zero-order valence-electron chi connectivity index (χ0n) is 11.3. The molecule has 0 bridgehead atoms. The van der Waals surface area contributed by atoms with Crippen molar-refractivity contribution in [2.24, 2.45) is 0 Å². The van der Waals surface area contributed by atoms with Crippen molar-refractivity contribution >= 4 is 12.0 Å². The van der Waals surface area contributed by atoms with Gasteiger partial charge in [0.25, 0.3) is 0 Å². The van der Waals surface area contributed by atoms with E-state index in [4.69, 9.17) is 9.47 Å². The molecular weight excluding hydrogens is 244 g/mol. The van der Waals surface area contributed by atoms with Crippen molar-refractivity contribution in [3.8, 4) is 11.5 Å². The Labute approximate surface area is 113 Å². The summed E-state index contributed by atoms with van der Waals surface area (Å²) in [7, 11) is 1.48. The lowest BCUT2D eigenvalue weighted by molar-refractivity contribution is -0.136. The van der Waals surface area contributed by atoms with Crippen LogP contribution in [0.1, 0.15) is 19.4 Å². The molecule has 0 fully saturated rings. The normalized spacial score (nSPS) is 10.3. The van der Waals surface area contributed by atoms with Crippen LogP contribution >= 0.6 is 0 Å². The van der Waals surface area contributed by atoms with Gasteiger partial charge in [-0.25, -0.2) is 4.79 Å². The second-order valence-electron chi connectivity index (χ2n) is 4.18. The summed E-state index contributed by atoms with van der Waals surface area (Å²) in [5.41, 5.74) is 1.79. The minimum Gasteiger partial charge on any atom is -0.504 e. The molecule has 0 radical (unpaired) electrons. The smallest absolute Gasteiger partial charge is 0.331 e. The first-order valence-electron chi connectivity index (χ1n) is 5.88. The predicted molar refractivity (Wildman–Crippen MR) is 74.1 cm³/mol. The van der Waals surface area contributed by atoms with Crippen LogP contribution in [0.25, 0.3) is 6.08 Å². The van der Waals surface area contributed by atoms with Gasteiger partial charge in [-0.1, -0.05) is 11.6 Å². The van der Waals surface area contributed by atoms with Gasteiger partial charge in [0.1, 0.15) is 6.61 Å². The number of carbonyl (C=O) groups excluding carboxylic acids is 1. The maximum Gasteiger partial charge on any atom is 0.331 e. The number of carbonyl (C=O) groups is 1. The Morgan fingerprint density at radius 2 is 2.11 bits per heavy atom. The average molecular weight is 262 g/mol. The highest BCUT2D eigenvalue weighted by Gasteiger charge is 2.01. The summed E-state index contributed by atoms with van der Waals surface area (Å²) in [6.07, 6.45) is 4.72. The molecule has 102 valence electrons. The van der Waals surface area contributed by atoms with Crippen LogP contribution in [0.2, 0.25) is 0 Å².